The van der Waals surface area contributed by atoms with Crippen molar-refractivity contribution in [3.63, 3.8) is 0 Å². The normalized spacial score (nSPS) is 13.4. The third kappa shape index (κ3) is 39.7. The average Bonchev–Trinajstić information content (AvgIpc) is 0.805. The first kappa shape index (κ1) is 87.2. The summed E-state index contributed by atoms with van der Waals surface area (Å²) in [5.74, 6) is -1.13. The Kier molecular flexibility index (Phi) is 50.5. The Balaban J connectivity index is -0.00000116. The molecule has 0 heterocycles. The van der Waals surface area contributed by atoms with E-state index in [4.69, 9.17) is 4.74 Å². The maximum atomic E-state index is 11.9. The summed E-state index contributed by atoms with van der Waals surface area (Å²) in [5, 5.41) is 24.8. The molecule has 0 atom stereocenters. The second kappa shape index (κ2) is 52.7. The predicted molar refractivity (Wildman–Crippen MR) is 365 cm³/mol. The molecule has 0 N–H and O–H groups in total. The van der Waals surface area contributed by atoms with E-state index in [-0.39, 0.29) is 88.2 Å². The van der Waals surface area contributed by atoms with Gasteiger partial charge in [0.2, 0.25) is 0 Å². The number of benzene rings is 3. The van der Waals surface area contributed by atoms with Crippen molar-refractivity contribution in [3.8, 4) is 0 Å². The van der Waals surface area contributed by atoms with Gasteiger partial charge in [-0.05, 0) is 121 Å². The van der Waals surface area contributed by atoms with Crippen LogP contribution in [-0.2, 0) is 47.8 Å². The van der Waals surface area contributed by atoms with E-state index in [1.54, 1.807) is 95.4 Å². The molecular formula is C76H85Na2O12P. The van der Waals surface area contributed by atoms with Crippen LogP contribution in [0.5, 0.6) is 0 Å². The van der Waals surface area contributed by atoms with E-state index >= 15 is 0 Å². The van der Waals surface area contributed by atoms with Crippen LogP contribution in [0, 0.1) is 0 Å². The Morgan fingerprint density at radius 3 is 0.758 bits per heavy atom. The summed E-state index contributed by atoms with van der Waals surface area (Å²) in [5.41, 5.74) is 7.36. The largest absolute Gasteiger partial charge is 1.00 e. The van der Waals surface area contributed by atoms with Gasteiger partial charge in [-0.3, -0.25) is 9.59 Å². The fourth-order valence-corrected chi connectivity index (χ4v) is 10.4. The third-order valence-electron chi connectivity index (χ3n) is 11.9. The number of hydrogen-bond donors (Lipinski definition) is 0. The molecular weight excluding hydrogens is 1180 g/mol. The van der Waals surface area contributed by atoms with Crippen molar-refractivity contribution in [1.29, 1.82) is 0 Å². The molecule has 0 amide bonds. The van der Waals surface area contributed by atoms with Gasteiger partial charge in [-0.2, -0.15) is 0 Å². The minimum absolute atomic E-state index is 0. The van der Waals surface area contributed by atoms with Crippen molar-refractivity contribution in [2.75, 3.05) is 21.3 Å². The molecule has 15 heteroatoms. The minimum atomic E-state index is -2.07. The molecule has 0 aliphatic rings. The number of esters is 3. The number of methoxy groups -OCH3 is 3. The van der Waals surface area contributed by atoms with Crippen LogP contribution in [0.4, 0.5) is 0 Å². The van der Waals surface area contributed by atoms with E-state index in [1.165, 1.54) is 63.2 Å². The Hall–Kier alpha value is -8.03. The first-order chi connectivity index (χ1) is 42.4. The Bertz CT molecular complexity index is 3230. The van der Waals surface area contributed by atoms with Gasteiger partial charge in [0.25, 0.3) is 0 Å². The van der Waals surface area contributed by atoms with Crippen molar-refractivity contribution < 1.29 is 117 Å². The first-order valence-electron chi connectivity index (χ1n) is 28.1. The van der Waals surface area contributed by atoms with E-state index in [2.05, 4.69) is 88.1 Å². The topological polar surface area (TPSA) is 193 Å². The maximum Gasteiger partial charge on any atom is 1.00 e. The number of hydrogen-bond acceptors (Lipinski definition) is 12. The number of carboxylic acids is 2. The van der Waals surface area contributed by atoms with Crippen LogP contribution < -0.4 is 85.2 Å². The number of allylic oxidation sites excluding steroid dienone is 31. The number of rotatable bonds is 25. The number of aliphatic carboxylic acids is 2. The van der Waals surface area contributed by atoms with Gasteiger partial charge in [0.1, 0.15) is 12.6 Å². The van der Waals surface area contributed by atoms with Crippen LogP contribution in [0.15, 0.2) is 304 Å². The average molecular weight is 1270 g/mol. The van der Waals surface area contributed by atoms with E-state index in [0.29, 0.717) is 27.9 Å². The van der Waals surface area contributed by atoms with Gasteiger partial charge < -0.3 is 34.0 Å². The summed E-state index contributed by atoms with van der Waals surface area (Å²) in [6, 6.07) is 31.5. The molecule has 0 fully saturated rings. The predicted octanol–water partition coefficient (Wildman–Crippen LogP) is 6.47. The Morgan fingerprint density at radius 1 is 0.319 bits per heavy atom. The van der Waals surface area contributed by atoms with Crippen molar-refractivity contribution in [2.24, 2.45) is 0 Å². The standard InChI is InChI=1S/C24H23O2P.C22H28O4.C20H24O4.C10H12O2.2Na/c1-20(24(25)26-2)18-19-27(21-12-6-3-7-13-21,22-14-8-4-9-15-22)23-16-10-5-11-17-23;1-17(13-9-15-19(3)21(23)25-5)11-7-8-12-18(2)14-10-16-20(4)22(24)26-6;1-15(11-7-13-17(3)19(21)22)9-5-6-10-16(2)12-8-14-18(4)20(23)24;1-9(7-11)5-3-4-6-10(2)8-12;;/h3-19H,1-2H3;7-16H,1-6H3;5-14H,1-4H3,(H,21,22)(H,23,24);3-8H,1-2H3;;/q;;;;2*+1/p-2/b20-18+;8-7+,13-9+,14-10+,17-11+,18-12+,19-15+,20-16+;6-5+,11-7+,12-8+,15-9+,16-10+,17-13+,18-14+;4-3+,9-5+,10-6+;;. The van der Waals surface area contributed by atoms with Crippen molar-refractivity contribution in [1.82, 2.24) is 0 Å². The number of carboxylic acid groups (broad SMARTS) is 2. The molecule has 0 unspecified atom stereocenters. The van der Waals surface area contributed by atoms with E-state index < -0.39 is 18.8 Å². The number of aldehydes is 2. The van der Waals surface area contributed by atoms with E-state index in [9.17, 15) is 43.8 Å². The van der Waals surface area contributed by atoms with E-state index in [1.807, 2.05) is 125 Å². The van der Waals surface area contributed by atoms with Crippen LogP contribution in [0.3, 0.4) is 0 Å². The molecule has 0 saturated heterocycles. The van der Waals surface area contributed by atoms with Crippen LogP contribution in [0.1, 0.15) is 76.2 Å². The van der Waals surface area contributed by atoms with Crippen LogP contribution in [0.25, 0.3) is 0 Å². The van der Waals surface area contributed by atoms with Crippen LogP contribution in [-0.4, -0.2) is 69.5 Å². The summed E-state index contributed by atoms with van der Waals surface area (Å²) in [7, 11) is 4.13. The molecule has 0 saturated carbocycles. The zero-order valence-corrected chi connectivity index (χ0v) is 60.6. The molecule has 0 spiro atoms. The maximum absolute atomic E-state index is 11.9. The minimum Gasteiger partial charge on any atom is -0.545 e. The monoisotopic (exact) mass is 1270 g/mol. The number of carbonyl (C=O) groups is 7. The van der Waals surface area contributed by atoms with Crippen molar-refractivity contribution in [3.05, 3.63) is 304 Å². The molecule has 468 valence electrons. The summed E-state index contributed by atoms with van der Waals surface area (Å²) in [6.07, 6.45) is 46.3. The fraction of sp³-hybridized carbons (Fsp3) is 0.184. The number of ether oxygens (including phenoxy) is 3. The summed E-state index contributed by atoms with van der Waals surface area (Å²) in [6.45, 7) is 17.3. The smallest absolute Gasteiger partial charge is 0.545 e. The molecule has 12 nitrogen and oxygen atoms in total. The third-order valence-corrected chi connectivity index (χ3v) is 15.8. The van der Waals surface area contributed by atoms with Gasteiger partial charge in [-0.1, -0.05) is 271 Å². The van der Waals surface area contributed by atoms with E-state index in [0.717, 1.165) is 34.9 Å². The van der Waals surface area contributed by atoms with Gasteiger partial charge in [-0.15, -0.1) is 0 Å². The molecule has 0 radical (unpaired) electrons. The van der Waals surface area contributed by atoms with Gasteiger partial charge >= 0.3 is 77.0 Å². The second-order valence-electron chi connectivity index (χ2n) is 19.5. The first-order valence-corrected chi connectivity index (χ1v) is 29.9. The Labute approximate surface area is 585 Å². The summed E-state index contributed by atoms with van der Waals surface area (Å²) < 4.78 is 14.1. The summed E-state index contributed by atoms with van der Waals surface area (Å²) in [4.78, 5) is 75.7. The van der Waals surface area contributed by atoms with Crippen LogP contribution >= 0.6 is 6.89 Å². The second-order valence-corrected chi connectivity index (χ2v) is 22.8. The molecule has 0 aliphatic carbocycles. The van der Waals surface area contributed by atoms with Gasteiger partial charge in [0.15, 0.2) is 0 Å². The molecule has 3 aromatic rings. The number of carbonyl (C=O) groups excluding carboxylic acids is 7. The fourth-order valence-electron chi connectivity index (χ4n) is 6.66. The zero-order valence-electron chi connectivity index (χ0n) is 55.7. The van der Waals surface area contributed by atoms with Gasteiger partial charge in [0.05, 0.1) is 33.3 Å². The van der Waals surface area contributed by atoms with Crippen molar-refractivity contribution in [2.45, 2.75) is 76.2 Å². The SMILES string of the molecule is CC(/C=C/C=C(\C)C(=O)[O-])=C\C=C\C=C(C)\C=C\C=C(/C)C(=O)[O-].COC(=O)/C(C)=C/C=C/C(C)=C/C=C/C=C(C)/C=C/C=C(\C)C(=O)OC.COC(=O)/C(C)=C/C=P(c1ccccc1)(c1ccccc1)c1ccccc1.C\C(C=O)=C/C=C/C=C(\C)C=O.[Na+].[Na+]. The van der Waals surface area contributed by atoms with Gasteiger partial charge in [0, 0.05) is 16.7 Å². The molecule has 0 aliphatic heterocycles. The summed E-state index contributed by atoms with van der Waals surface area (Å²) >= 11 is 0. The molecule has 0 bridgehead atoms. The quantitative estimate of drug-likeness (QED) is 0.0171. The van der Waals surface area contributed by atoms with Crippen molar-refractivity contribution >= 4 is 71.0 Å². The zero-order chi connectivity index (χ0) is 67.0. The molecule has 0 aromatic heterocycles. The van der Waals surface area contributed by atoms with Gasteiger partial charge in [-0.25, -0.2) is 14.4 Å². The molecule has 3 rings (SSSR count). The Morgan fingerprint density at radius 2 is 0.538 bits per heavy atom. The van der Waals surface area contributed by atoms with Crippen LogP contribution in [0.2, 0.25) is 0 Å². The molecule has 3 aromatic carbocycles. The molecule has 91 heavy (non-hydrogen) atoms.